The summed E-state index contributed by atoms with van der Waals surface area (Å²) in [6, 6.07) is 10.2. The first kappa shape index (κ1) is 25.6. The summed E-state index contributed by atoms with van der Waals surface area (Å²) in [6.07, 6.45) is 1.56. The molecule has 3 fully saturated rings. The molecule has 1 aromatic carbocycles. The highest BCUT2D eigenvalue weighted by molar-refractivity contribution is 8.18. The highest BCUT2D eigenvalue weighted by Crippen LogP contribution is 2.36. The third-order valence-corrected chi connectivity index (χ3v) is 9.19. The summed E-state index contributed by atoms with van der Waals surface area (Å²) in [6.45, 7) is 3.21. The molecule has 3 aliphatic heterocycles. The Labute approximate surface area is 219 Å². The number of carbonyl (C=O) groups excluding carboxylic acids is 2. The average molecular weight is 545 g/mol. The van der Waals surface area contributed by atoms with Gasteiger partial charge in [-0.15, -0.1) is 0 Å². The average Bonchev–Trinajstić information content (AvgIpc) is 3.52. The van der Waals surface area contributed by atoms with Crippen LogP contribution < -0.4 is 15.0 Å². The molecule has 0 bridgehead atoms. The number of sulfonamides is 1. The van der Waals surface area contributed by atoms with Gasteiger partial charge in [0.1, 0.15) is 6.61 Å². The van der Waals surface area contributed by atoms with E-state index >= 15 is 0 Å². The van der Waals surface area contributed by atoms with E-state index in [1.54, 1.807) is 46.8 Å². The number of nitrogens with zero attached hydrogens (tertiary/aromatic N) is 5. The Balaban J connectivity index is 1.34. The molecule has 5 rings (SSSR count). The molecule has 2 atom stereocenters. The van der Waals surface area contributed by atoms with Crippen molar-refractivity contribution in [3.63, 3.8) is 0 Å². The van der Waals surface area contributed by atoms with Crippen LogP contribution in [0.25, 0.3) is 6.08 Å². The predicted octanol–water partition coefficient (Wildman–Crippen LogP) is 1.50. The maximum atomic E-state index is 13.1. The molecule has 1 N–H and O–H groups in total. The van der Waals surface area contributed by atoms with Gasteiger partial charge in [-0.1, -0.05) is 18.2 Å². The quantitative estimate of drug-likeness (QED) is 0.489. The zero-order valence-corrected chi connectivity index (χ0v) is 22.2. The summed E-state index contributed by atoms with van der Waals surface area (Å²) in [5, 5.41) is 1.82. The third kappa shape index (κ3) is 5.64. The van der Waals surface area contributed by atoms with Crippen LogP contribution >= 0.6 is 11.8 Å². The Morgan fingerprint density at radius 2 is 1.81 bits per heavy atom. The van der Waals surface area contributed by atoms with Gasteiger partial charge < -0.3 is 14.5 Å². The van der Waals surface area contributed by atoms with E-state index in [0.29, 0.717) is 61.7 Å². The van der Waals surface area contributed by atoms with Gasteiger partial charge >= 0.3 is 0 Å². The fourth-order valence-electron chi connectivity index (χ4n) is 4.66. The van der Waals surface area contributed by atoms with Gasteiger partial charge in [-0.05, 0) is 55.9 Å². The van der Waals surface area contributed by atoms with Crippen LogP contribution in [0.1, 0.15) is 5.69 Å². The van der Waals surface area contributed by atoms with Crippen molar-refractivity contribution in [2.75, 3.05) is 58.3 Å². The molecule has 0 radical (unpaired) electrons. The van der Waals surface area contributed by atoms with Crippen molar-refractivity contribution >= 4 is 45.0 Å². The van der Waals surface area contributed by atoms with E-state index in [2.05, 4.69) is 15.3 Å². The minimum Gasteiger partial charge on any atom is -0.476 e. The van der Waals surface area contributed by atoms with Crippen LogP contribution in [-0.4, -0.2) is 92.2 Å². The molecule has 2 aromatic rings. The molecule has 3 saturated heterocycles. The number of likely N-dealkylation sites (N-methyl/N-ethyl adjacent to an activating group) is 1. The monoisotopic (exact) mass is 544 g/mol. The topological polar surface area (TPSA) is 125 Å². The van der Waals surface area contributed by atoms with Crippen LogP contribution in [0.4, 0.5) is 10.7 Å². The van der Waals surface area contributed by atoms with E-state index in [9.17, 15) is 18.0 Å². The number of rotatable bonds is 8. The minimum atomic E-state index is -3.53. The minimum absolute atomic E-state index is 0.149. The third-order valence-electron chi connectivity index (χ3n) is 6.54. The maximum absolute atomic E-state index is 13.1. The van der Waals surface area contributed by atoms with Crippen molar-refractivity contribution < 1.29 is 22.7 Å². The van der Waals surface area contributed by atoms with Crippen molar-refractivity contribution in [3.05, 3.63) is 47.0 Å². The standard InChI is InChI=1S/C24H28N6O5S2/c1-28(2)8-9-35-21-11-18(10-20-22(31)27-24(32)36-20)25-23(26-21)29-12-16-14-30(15-17(16)13-29)37(33,34)19-6-4-3-5-7-19/h3-7,10-11,16-17H,8-9,12-15H2,1-2H3,(H,27,31,32)/b20-10-. The number of carbonyl (C=O) groups is 2. The lowest BCUT2D eigenvalue weighted by Gasteiger charge is -2.22. The van der Waals surface area contributed by atoms with Gasteiger partial charge in [-0.25, -0.2) is 13.4 Å². The second-order valence-corrected chi connectivity index (χ2v) is 12.4. The van der Waals surface area contributed by atoms with Crippen molar-refractivity contribution in [1.29, 1.82) is 0 Å². The van der Waals surface area contributed by atoms with E-state index in [1.807, 2.05) is 23.9 Å². The zero-order chi connectivity index (χ0) is 26.2. The molecule has 4 heterocycles. The Hall–Kier alpha value is -3.00. The lowest BCUT2D eigenvalue weighted by molar-refractivity contribution is -0.115. The molecule has 3 aliphatic rings. The van der Waals surface area contributed by atoms with E-state index in [0.717, 1.165) is 11.8 Å². The summed E-state index contributed by atoms with van der Waals surface area (Å²) in [5.74, 6) is 0.669. The summed E-state index contributed by atoms with van der Waals surface area (Å²) in [4.78, 5) is 37.5. The smallest absolute Gasteiger partial charge is 0.290 e. The Morgan fingerprint density at radius 3 is 2.43 bits per heavy atom. The number of thioether (sulfide) groups is 1. The second-order valence-electron chi connectivity index (χ2n) is 9.50. The van der Waals surface area contributed by atoms with Gasteiger partial charge in [-0.3, -0.25) is 14.9 Å². The predicted molar refractivity (Wildman–Crippen MR) is 140 cm³/mol. The number of imide groups is 1. The first-order valence-electron chi connectivity index (χ1n) is 11.9. The zero-order valence-electron chi connectivity index (χ0n) is 20.5. The molecule has 37 heavy (non-hydrogen) atoms. The first-order chi connectivity index (χ1) is 17.7. The number of benzene rings is 1. The lowest BCUT2D eigenvalue weighted by atomic mass is 10.0. The number of amides is 2. The van der Waals surface area contributed by atoms with E-state index < -0.39 is 21.2 Å². The molecule has 0 aliphatic carbocycles. The number of fused-ring (bicyclic) bond motifs is 1. The van der Waals surface area contributed by atoms with Gasteiger partial charge in [0.15, 0.2) is 0 Å². The van der Waals surface area contributed by atoms with Gasteiger partial charge in [0.05, 0.1) is 15.5 Å². The van der Waals surface area contributed by atoms with Gasteiger partial charge in [-0.2, -0.15) is 9.29 Å². The van der Waals surface area contributed by atoms with Crippen molar-refractivity contribution in [2.24, 2.45) is 11.8 Å². The van der Waals surface area contributed by atoms with Crippen molar-refractivity contribution in [1.82, 2.24) is 24.5 Å². The van der Waals surface area contributed by atoms with Gasteiger partial charge in [0, 0.05) is 38.8 Å². The SMILES string of the molecule is CN(C)CCOc1cc(/C=C2\SC(=O)NC2=O)nc(N2CC3CN(S(=O)(=O)c4ccccc4)CC3C2)n1. The summed E-state index contributed by atoms with van der Waals surface area (Å²) in [7, 11) is 0.360. The molecule has 2 unspecified atom stereocenters. The molecule has 0 saturated carbocycles. The van der Waals surface area contributed by atoms with Crippen LogP contribution in [0.3, 0.4) is 0 Å². The lowest BCUT2D eigenvalue weighted by Crippen LogP contribution is -2.33. The Kier molecular flexibility index (Phi) is 7.21. The number of hydrogen-bond donors (Lipinski definition) is 1. The molecule has 196 valence electrons. The summed E-state index contributed by atoms with van der Waals surface area (Å²) < 4.78 is 33.6. The normalized spacial score (nSPS) is 23.2. The molecule has 0 spiro atoms. The fourth-order valence-corrected chi connectivity index (χ4v) is 6.90. The maximum Gasteiger partial charge on any atom is 0.290 e. The number of anilines is 1. The van der Waals surface area contributed by atoms with Crippen LogP contribution in [0.15, 0.2) is 46.2 Å². The van der Waals surface area contributed by atoms with Crippen LogP contribution in [0.2, 0.25) is 0 Å². The number of ether oxygens (including phenoxy) is 1. The fraction of sp³-hybridized carbons (Fsp3) is 0.417. The molecule has 11 nitrogen and oxygen atoms in total. The Morgan fingerprint density at radius 1 is 1.11 bits per heavy atom. The Bertz CT molecular complexity index is 1320. The van der Waals surface area contributed by atoms with Gasteiger partial charge in [0.2, 0.25) is 21.9 Å². The molecule has 1 aromatic heterocycles. The van der Waals surface area contributed by atoms with E-state index in [4.69, 9.17) is 4.74 Å². The van der Waals surface area contributed by atoms with Crippen LogP contribution in [-0.2, 0) is 14.8 Å². The van der Waals surface area contributed by atoms with E-state index in [-0.39, 0.29) is 16.7 Å². The highest BCUT2D eigenvalue weighted by Gasteiger charge is 2.45. The number of hydrogen-bond acceptors (Lipinski definition) is 10. The van der Waals surface area contributed by atoms with Gasteiger partial charge in [0.25, 0.3) is 11.1 Å². The molecule has 2 amide bonds. The molecular formula is C24H28N6O5S2. The van der Waals surface area contributed by atoms with Crippen LogP contribution in [0.5, 0.6) is 5.88 Å². The summed E-state index contributed by atoms with van der Waals surface area (Å²) in [5.41, 5.74) is 0.461. The van der Waals surface area contributed by atoms with Crippen molar-refractivity contribution in [3.8, 4) is 5.88 Å². The second kappa shape index (κ2) is 10.4. The summed E-state index contributed by atoms with van der Waals surface area (Å²) >= 11 is 0.826. The number of nitrogens with one attached hydrogen (secondary N) is 1. The van der Waals surface area contributed by atoms with Crippen molar-refractivity contribution in [2.45, 2.75) is 4.90 Å². The first-order valence-corrected chi connectivity index (χ1v) is 14.2. The van der Waals surface area contributed by atoms with Crippen LogP contribution in [0, 0.1) is 11.8 Å². The molecule has 13 heteroatoms. The highest BCUT2D eigenvalue weighted by atomic mass is 32.2. The largest absolute Gasteiger partial charge is 0.476 e. The molecular weight excluding hydrogens is 516 g/mol. The number of aromatic nitrogens is 2. The van der Waals surface area contributed by atoms with E-state index in [1.165, 1.54) is 0 Å².